The molecule has 0 atom stereocenters. The molecule has 0 saturated heterocycles. The number of carbonyl (C=O) groups excluding carboxylic acids is 1. The highest BCUT2D eigenvalue weighted by Gasteiger charge is 2.15. The molecule has 1 aliphatic rings. The second kappa shape index (κ2) is 8.42. The van der Waals surface area contributed by atoms with Crippen molar-refractivity contribution in [1.29, 1.82) is 0 Å². The van der Waals surface area contributed by atoms with Gasteiger partial charge in [0.1, 0.15) is 0 Å². The Bertz CT molecular complexity index is 1300. The van der Waals surface area contributed by atoms with Gasteiger partial charge in [-0.05, 0) is 42.0 Å². The zero-order valence-corrected chi connectivity index (χ0v) is 17.5. The largest absolute Gasteiger partial charge is 0.361 e. The number of aromatic nitrogens is 2. The summed E-state index contributed by atoms with van der Waals surface area (Å²) in [6.45, 7) is 0. The first-order valence-corrected chi connectivity index (χ1v) is 11.2. The van der Waals surface area contributed by atoms with E-state index in [0.717, 1.165) is 39.5 Å². The second-order valence-electron chi connectivity index (χ2n) is 8.65. The summed E-state index contributed by atoms with van der Waals surface area (Å²) in [4.78, 5) is 31.5. The van der Waals surface area contributed by atoms with Crippen LogP contribution in [0.15, 0.2) is 59.5 Å². The van der Waals surface area contributed by atoms with Crippen LogP contribution < -0.4 is 10.9 Å². The zero-order valence-electron chi connectivity index (χ0n) is 17.5. The molecule has 2 heterocycles. The normalized spacial score (nSPS) is 14.8. The highest BCUT2D eigenvalue weighted by atomic mass is 16.1. The molecule has 3 N–H and O–H groups in total. The molecule has 4 aromatic rings. The number of para-hydroxylation sites is 1. The molecule has 1 amide bonds. The predicted molar refractivity (Wildman–Crippen MR) is 126 cm³/mol. The SMILES string of the molecule is O=C(CCC1CCCCC1)Nc1ccc2cc(-c3c[nH]c4ccccc34)c(=O)[nH]c2c1. The van der Waals surface area contributed by atoms with Crippen LogP contribution in [0.2, 0.25) is 0 Å². The van der Waals surface area contributed by atoms with E-state index in [1.165, 1.54) is 32.1 Å². The Hall–Kier alpha value is -3.34. The van der Waals surface area contributed by atoms with Gasteiger partial charge < -0.3 is 15.3 Å². The van der Waals surface area contributed by atoms with E-state index in [9.17, 15) is 9.59 Å². The first-order valence-electron chi connectivity index (χ1n) is 11.2. The van der Waals surface area contributed by atoms with E-state index in [-0.39, 0.29) is 11.5 Å². The number of anilines is 1. The Morgan fingerprint density at radius 2 is 1.81 bits per heavy atom. The van der Waals surface area contributed by atoms with E-state index >= 15 is 0 Å². The van der Waals surface area contributed by atoms with Gasteiger partial charge in [-0.15, -0.1) is 0 Å². The van der Waals surface area contributed by atoms with Crippen molar-refractivity contribution in [1.82, 2.24) is 9.97 Å². The summed E-state index contributed by atoms with van der Waals surface area (Å²) >= 11 is 0. The third kappa shape index (κ3) is 4.13. The van der Waals surface area contributed by atoms with Gasteiger partial charge in [0.05, 0.1) is 5.52 Å². The quantitative estimate of drug-likeness (QED) is 0.377. The second-order valence-corrected chi connectivity index (χ2v) is 8.65. The minimum absolute atomic E-state index is 0.0442. The smallest absolute Gasteiger partial charge is 0.256 e. The number of fused-ring (bicyclic) bond motifs is 2. The van der Waals surface area contributed by atoms with E-state index in [2.05, 4.69) is 15.3 Å². The summed E-state index contributed by atoms with van der Waals surface area (Å²) in [5.41, 5.74) is 3.82. The van der Waals surface area contributed by atoms with Gasteiger partial charge in [0, 0.05) is 40.3 Å². The lowest BCUT2D eigenvalue weighted by Gasteiger charge is -2.21. The molecule has 31 heavy (non-hydrogen) atoms. The number of hydrogen-bond acceptors (Lipinski definition) is 2. The van der Waals surface area contributed by atoms with Crippen LogP contribution in [0, 0.1) is 5.92 Å². The predicted octanol–water partition coefficient (Wildman–Crippen LogP) is 5.98. The summed E-state index contributed by atoms with van der Waals surface area (Å²) in [5, 5.41) is 4.95. The molecule has 0 unspecified atom stereocenters. The van der Waals surface area contributed by atoms with Crippen molar-refractivity contribution in [2.75, 3.05) is 5.32 Å². The van der Waals surface area contributed by atoms with Crippen molar-refractivity contribution in [2.24, 2.45) is 5.92 Å². The van der Waals surface area contributed by atoms with Gasteiger partial charge >= 0.3 is 0 Å². The number of rotatable bonds is 5. The van der Waals surface area contributed by atoms with E-state index in [4.69, 9.17) is 0 Å². The van der Waals surface area contributed by atoms with E-state index < -0.39 is 0 Å². The summed E-state index contributed by atoms with van der Waals surface area (Å²) < 4.78 is 0. The fourth-order valence-corrected chi connectivity index (χ4v) is 4.81. The van der Waals surface area contributed by atoms with Gasteiger partial charge in [-0.2, -0.15) is 0 Å². The molecule has 1 saturated carbocycles. The highest BCUT2D eigenvalue weighted by molar-refractivity contribution is 5.98. The molecule has 0 radical (unpaired) electrons. The topological polar surface area (TPSA) is 77.8 Å². The molecule has 0 spiro atoms. The van der Waals surface area contributed by atoms with Crippen LogP contribution in [-0.2, 0) is 4.79 Å². The number of pyridine rings is 1. The van der Waals surface area contributed by atoms with E-state index in [0.29, 0.717) is 17.9 Å². The Labute approximate surface area is 180 Å². The molecular formula is C26H27N3O2. The van der Waals surface area contributed by atoms with Crippen LogP contribution in [0.5, 0.6) is 0 Å². The first-order chi connectivity index (χ1) is 15.2. The van der Waals surface area contributed by atoms with Crippen LogP contribution >= 0.6 is 0 Å². The van der Waals surface area contributed by atoms with Crippen molar-refractivity contribution in [3.8, 4) is 11.1 Å². The highest BCUT2D eigenvalue weighted by Crippen LogP contribution is 2.29. The summed E-state index contributed by atoms with van der Waals surface area (Å²) in [7, 11) is 0. The Balaban J connectivity index is 1.35. The number of hydrogen-bond donors (Lipinski definition) is 3. The van der Waals surface area contributed by atoms with Crippen molar-refractivity contribution in [3.05, 3.63) is 65.1 Å². The van der Waals surface area contributed by atoms with Crippen LogP contribution in [0.25, 0.3) is 32.9 Å². The number of aromatic amines is 2. The number of H-pyrrole nitrogens is 2. The maximum Gasteiger partial charge on any atom is 0.256 e. The maximum atomic E-state index is 12.8. The molecule has 0 bridgehead atoms. The molecule has 5 nitrogen and oxygen atoms in total. The van der Waals surface area contributed by atoms with Gasteiger partial charge in [0.15, 0.2) is 0 Å². The summed E-state index contributed by atoms with van der Waals surface area (Å²) in [5.74, 6) is 0.734. The Kier molecular flexibility index (Phi) is 5.33. The minimum Gasteiger partial charge on any atom is -0.361 e. The van der Waals surface area contributed by atoms with Crippen LogP contribution in [-0.4, -0.2) is 15.9 Å². The van der Waals surface area contributed by atoms with Crippen molar-refractivity contribution in [3.63, 3.8) is 0 Å². The summed E-state index contributed by atoms with van der Waals surface area (Å²) in [6.07, 6.45) is 9.83. The van der Waals surface area contributed by atoms with Gasteiger partial charge in [-0.3, -0.25) is 9.59 Å². The lowest BCUT2D eigenvalue weighted by molar-refractivity contribution is -0.116. The number of carbonyl (C=O) groups is 1. The Morgan fingerprint density at radius 1 is 0.968 bits per heavy atom. The van der Waals surface area contributed by atoms with Gasteiger partial charge in [-0.25, -0.2) is 0 Å². The Morgan fingerprint density at radius 3 is 2.68 bits per heavy atom. The van der Waals surface area contributed by atoms with Crippen LogP contribution in [0.3, 0.4) is 0 Å². The minimum atomic E-state index is -0.141. The number of benzene rings is 2. The lowest BCUT2D eigenvalue weighted by Crippen LogP contribution is -2.15. The fraction of sp³-hybridized carbons (Fsp3) is 0.308. The molecule has 2 aromatic heterocycles. The van der Waals surface area contributed by atoms with Crippen LogP contribution in [0.4, 0.5) is 5.69 Å². The zero-order chi connectivity index (χ0) is 21.2. The average Bonchev–Trinajstić information content (AvgIpc) is 3.22. The monoisotopic (exact) mass is 413 g/mol. The first kappa shape index (κ1) is 19.6. The van der Waals surface area contributed by atoms with Crippen molar-refractivity contribution >= 4 is 33.4 Å². The maximum absolute atomic E-state index is 12.8. The molecule has 0 aliphatic heterocycles. The van der Waals surface area contributed by atoms with Crippen LogP contribution in [0.1, 0.15) is 44.9 Å². The van der Waals surface area contributed by atoms with Gasteiger partial charge in [-0.1, -0.05) is 56.4 Å². The van der Waals surface area contributed by atoms with Crippen molar-refractivity contribution < 1.29 is 4.79 Å². The third-order valence-corrected chi connectivity index (χ3v) is 6.51. The molecule has 2 aromatic carbocycles. The van der Waals surface area contributed by atoms with Gasteiger partial charge in [0.2, 0.25) is 5.91 Å². The average molecular weight is 414 g/mol. The van der Waals surface area contributed by atoms with E-state index in [1.54, 1.807) is 0 Å². The van der Waals surface area contributed by atoms with Gasteiger partial charge in [0.25, 0.3) is 5.56 Å². The number of nitrogens with one attached hydrogen (secondary N) is 3. The molecule has 1 aliphatic carbocycles. The number of amides is 1. The molecule has 1 fully saturated rings. The molecule has 158 valence electrons. The third-order valence-electron chi connectivity index (χ3n) is 6.51. The molecule has 5 rings (SSSR count). The molecule has 5 heteroatoms. The summed E-state index contributed by atoms with van der Waals surface area (Å²) in [6, 6.07) is 15.6. The fourth-order valence-electron chi connectivity index (χ4n) is 4.81. The van der Waals surface area contributed by atoms with E-state index in [1.807, 2.05) is 54.7 Å². The molecular weight excluding hydrogens is 386 g/mol. The lowest BCUT2D eigenvalue weighted by atomic mass is 9.86. The standard InChI is InChI=1S/C26H27N3O2/c30-25(13-10-17-6-2-1-3-7-17)28-19-12-11-18-14-21(26(31)29-24(18)15-19)22-16-27-23-9-5-4-8-20(22)23/h4-5,8-9,11-12,14-17,27H,1-3,6-7,10,13H2,(H,28,30)(H,29,31). The van der Waals surface area contributed by atoms with Crippen molar-refractivity contribution in [2.45, 2.75) is 44.9 Å².